The Morgan fingerprint density at radius 1 is 1.00 bits per heavy atom. The van der Waals surface area contributed by atoms with Crippen molar-refractivity contribution in [2.45, 2.75) is 13.8 Å². The highest BCUT2D eigenvalue weighted by Crippen LogP contribution is 2.27. The smallest absolute Gasteiger partial charge is 0.0840 e. The molecule has 0 fully saturated rings. The van der Waals surface area contributed by atoms with Gasteiger partial charge in [0.2, 0.25) is 0 Å². The van der Waals surface area contributed by atoms with Crippen LogP contribution in [-0.2, 0) is 0 Å². The number of hydrogen-bond donors (Lipinski definition) is 0. The Hall–Kier alpha value is -2.15. The molecule has 0 aliphatic carbocycles. The van der Waals surface area contributed by atoms with E-state index in [1.54, 1.807) is 0 Å². The van der Waals surface area contributed by atoms with Crippen molar-refractivity contribution in [1.29, 1.82) is 0 Å². The summed E-state index contributed by atoms with van der Waals surface area (Å²) >= 11 is 0. The molecule has 1 aromatic heterocycles. The van der Waals surface area contributed by atoms with E-state index in [1.165, 1.54) is 11.1 Å². The second-order valence-electron chi connectivity index (χ2n) is 4.62. The molecule has 0 aliphatic heterocycles. The highest BCUT2D eigenvalue weighted by atomic mass is 14.7. The maximum atomic E-state index is 7.98. The first-order valence-corrected chi connectivity index (χ1v) is 6.01. The summed E-state index contributed by atoms with van der Waals surface area (Å²) in [6, 6.07) is 14.1. The Labute approximate surface area is 110 Å². The fourth-order valence-corrected chi connectivity index (χ4v) is 2.33. The Kier molecular flexibility index (Phi) is 2.10. The summed E-state index contributed by atoms with van der Waals surface area (Å²) in [5.74, 6) is 0. The number of aryl methyl sites for hydroxylation is 2. The van der Waals surface area contributed by atoms with Crippen molar-refractivity contribution in [3.05, 3.63) is 65.8 Å². The van der Waals surface area contributed by atoms with Crippen molar-refractivity contribution in [3.8, 4) is 11.3 Å². The predicted molar refractivity (Wildman–Crippen MR) is 76.7 cm³/mol. The summed E-state index contributed by atoms with van der Waals surface area (Å²) < 4.78 is 15.9. The minimum atomic E-state index is 0.0258. The van der Waals surface area contributed by atoms with Crippen molar-refractivity contribution in [2.24, 2.45) is 0 Å². The zero-order valence-electron chi connectivity index (χ0n) is 12.5. The van der Waals surface area contributed by atoms with Gasteiger partial charge in [-0.1, -0.05) is 41.5 Å². The summed E-state index contributed by atoms with van der Waals surface area (Å²) in [5.41, 5.74) is 4.14. The number of rotatable bonds is 1. The molecule has 3 aromatic rings. The fourth-order valence-electron chi connectivity index (χ4n) is 2.33. The normalized spacial score (nSPS) is 12.3. The number of aromatic nitrogens is 1. The average Bonchev–Trinajstić information content (AvgIpc) is 2.42. The van der Waals surface area contributed by atoms with E-state index < -0.39 is 0 Å². The van der Waals surface area contributed by atoms with Gasteiger partial charge in [0, 0.05) is 17.1 Å². The zero-order valence-corrected chi connectivity index (χ0v) is 10.5. The average molecular weight is 235 g/mol. The molecule has 0 atom stereocenters. The minimum Gasteiger partial charge on any atom is -0.256 e. The molecule has 3 rings (SSSR count). The van der Waals surface area contributed by atoms with Gasteiger partial charge in [-0.25, -0.2) is 0 Å². The van der Waals surface area contributed by atoms with Gasteiger partial charge in [0.15, 0.2) is 0 Å². The van der Waals surface area contributed by atoms with Gasteiger partial charge in [-0.2, -0.15) is 0 Å². The van der Waals surface area contributed by atoms with E-state index in [-0.39, 0.29) is 12.2 Å². The van der Waals surface area contributed by atoms with Crippen molar-refractivity contribution in [2.75, 3.05) is 0 Å². The lowest BCUT2D eigenvalue weighted by Gasteiger charge is -2.07. The lowest BCUT2D eigenvalue weighted by atomic mass is 10.0. The van der Waals surface area contributed by atoms with Crippen LogP contribution in [0.25, 0.3) is 22.0 Å². The van der Waals surface area contributed by atoms with Crippen LogP contribution in [0.15, 0.2) is 54.7 Å². The van der Waals surface area contributed by atoms with Gasteiger partial charge >= 0.3 is 0 Å². The second-order valence-corrected chi connectivity index (χ2v) is 4.62. The van der Waals surface area contributed by atoms with Crippen molar-refractivity contribution >= 4 is 10.8 Å². The summed E-state index contributed by atoms with van der Waals surface area (Å²) in [7, 11) is 0. The summed E-state index contributed by atoms with van der Waals surface area (Å²) in [6.45, 7) is 4.11. The standard InChI is InChI=1S/C17H15N/c1-12-9-13(2)11-15(10-12)17-16-6-4-3-5-14(16)7-8-18-17/h3-11H,1-2H3/i7D,8D. The van der Waals surface area contributed by atoms with E-state index in [2.05, 4.69) is 37.0 Å². The number of fused-ring (bicyclic) bond motifs is 1. The van der Waals surface area contributed by atoms with Crippen LogP contribution in [0.3, 0.4) is 0 Å². The van der Waals surface area contributed by atoms with Gasteiger partial charge in [-0.05, 0) is 37.4 Å². The molecule has 0 radical (unpaired) electrons. The van der Waals surface area contributed by atoms with Gasteiger partial charge in [-0.3, -0.25) is 4.98 Å². The molecular weight excluding hydrogens is 218 g/mol. The largest absolute Gasteiger partial charge is 0.256 e. The third kappa shape index (κ3) is 1.88. The zero-order chi connectivity index (χ0) is 14.3. The summed E-state index contributed by atoms with van der Waals surface area (Å²) in [4.78, 5) is 4.33. The van der Waals surface area contributed by atoms with Crippen LogP contribution in [0.5, 0.6) is 0 Å². The first-order valence-electron chi connectivity index (χ1n) is 7.01. The highest BCUT2D eigenvalue weighted by molar-refractivity contribution is 5.94. The molecule has 0 saturated carbocycles. The number of benzene rings is 2. The molecule has 1 heterocycles. The van der Waals surface area contributed by atoms with Crippen molar-refractivity contribution in [1.82, 2.24) is 4.98 Å². The van der Waals surface area contributed by atoms with Crippen LogP contribution in [0.1, 0.15) is 13.9 Å². The van der Waals surface area contributed by atoms with Crippen LogP contribution < -0.4 is 0 Å². The fraction of sp³-hybridized carbons (Fsp3) is 0.118. The van der Waals surface area contributed by atoms with E-state index in [9.17, 15) is 0 Å². The maximum Gasteiger partial charge on any atom is 0.0840 e. The lowest BCUT2D eigenvalue weighted by Crippen LogP contribution is -1.88. The third-order valence-corrected chi connectivity index (χ3v) is 3.04. The van der Waals surface area contributed by atoms with E-state index in [0.29, 0.717) is 0 Å². The molecule has 0 N–H and O–H groups in total. The number of hydrogen-bond acceptors (Lipinski definition) is 1. The molecule has 1 nitrogen and oxygen atoms in total. The quantitative estimate of drug-likeness (QED) is 0.604. The van der Waals surface area contributed by atoms with E-state index in [4.69, 9.17) is 2.74 Å². The van der Waals surface area contributed by atoms with Crippen molar-refractivity contribution < 1.29 is 2.74 Å². The van der Waals surface area contributed by atoms with Gasteiger partial charge in [0.1, 0.15) is 0 Å². The van der Waals surface area contributed by atoms with Crippen LogP contribution in [0, 0.1) is 13.8 Å². The summed E-state index contributed by atoms with van der Waals surface area (Å²) in [6.07, 6.45) is 0.0258. The molecule has 0 amide bonds. The Morgan fingerprint density at radius 3 is 2.50 bits per heavy atom. The second kappa shape index (κ2) is 4.26. The molecular formula is C17H15N. The molecule has 0 bridgehead atoms. The third-order valence-electron chi connectivity index (χ3n) is 3.04. The first-order chi connectivity index (χ1) is 9.56. The van der Waals surface area contributed by atoms with E-state index in [1.807, 2.05) is 24.3 Å². The van der Waals surface area contributed by atoms with Gasteiger partial charge in [0.05, 0.1) is 8.44 Å². The maximum absolute atomic E-state index is 7.98. The molecule has 1 heteroatoms. The summed E-state index contributed by atoms with van der Waals surface area (Å²) in [5, 5.41) is 1.71. The monoisotopic (exact) mass is 235 g/mol. The van der Waals surface area contributed by atoms with Gasteiger partial charge < -0.3 is 0 Å². The van der Waals surface area contributed by atoms with Crippen molar-refractivity contribution in [3.63, 3.8) is 0 Å². The topological polar surface area (TPSA) is 12.9 Å². The van der Waals surface area contributed by atoms with Crippen LogP contribution >= 0.6 is 0 Å². The molecule has 0 aliphatic rings. The molecule has 2 aromatic carbocycles. The van der Waals surface area contributed by atoms with Gasteiger partial charge in [0.25, 0.3) is 0 Å². The molecule has 18 heavy (non-hydrogen) atoms. The molecule has 0 saturated heterocycles. The number of pyridine rings is 1. The highest BCUT2D eigenvalue weighted by Gasteiger charge is 2.05. The Balaban J connectivity index is 2.39. The van der Waals surface area contributed by atoms with Crippen LogP contribution in [0.2, 0.25) is 0 Å². The van der Waals surface area contributed by atoms with E-state index >= 15 is 0 Å². The minimum absolute atomic E-state index is 0.0258. The first kappa shape index (κ1) is 8.87. The Morgan fingerprint density at radius 2 is 1.72 bits per heavy atom. The lowest BCUT2D eigenvalue weighted by molar-refractivity contribution is 1.32. The Bertz CT molecular complexity index is 789. The van der Waals surface area contributed by atoms with Crippen LogP contribution in [0.4, 0.5) is 0 Å². The molecule has 0 unspecified atom stereocenters. The van der Waals surface area contributed by atoms with E-state index in [0.717, 1.165) is 22.0 Å². The van der Waals surface area contributed by atoms with Crippen LogP contribution in [-0.4, -0.2) is 4.98 Å². The predicted octanol–water partition coefficient (Wildman–Crippen LogP) is 4.52. The number of nitrogens with zero attached hydrogens (tertiary/aromatic N) is 1. The molecule has 88 valence electrons. The SMILES string of the molecule is [2H]c1nc(-c2cc(C)cc(C)c2)c2ccccc2c1[2H]. The van der Waals surface area contributed by atoms with Gasteiger partial charge in [-0.15, -0.1) is 0 Å². The molecule has 0 spiro atoms.